The fraction of sp³-hybridized carbons (Fsp3) is 0.333. The van der Waals surface area contributed by atoms with Crippen LogP contribution in [0.4, 0.5) is 0 Å². The Morgan fingerprint density at radius 2 is 2.04 bits per heavy atom. The Balaban J connectivity index is 1.45. The lowest BCUT2D eigenvalue weighted by molar-refractivity contribution is 0.209. The molecular formula is C18H19N3O2S. The summed E-state index contributed by atoms with van der Waals surface area (Å²) in [5.74, 6) is 2.24. The van der Waals surface area contributed by atoms with Gasteiger partial charge in [-0.25, -0.2) is 0 Å². The third kappa shape index (κ3) is 3.49. The Labute approximate surface area is 144 Å². The molecule has 2 aromatic heterocycles. The number of rotatable bonds is 7. The number of hydrogen-bond donors (Lipinski definition) is 0. The van der Waals surface area contributed by atoms with Crippen molar-refractivity contribution in [2.75, 3.05) is 7.11 Å². The molecule has 0 bridgehead atoms. The lowest BCUT2D eigenvalue weighted by atomic mass is 10.2. The lowest BCUT2D eigenvalue weighted by Crippen LogP contribution is -2.25. The van der Waals surface area contributed by atoms with Crippen molar-refractivity contribution in [2.45, 2.75) is 32.0 Å². The van der Waals surface area contributed by atoms with Crippen molar-refractivity contribution in [2.24, 2.45) is 0 Å². The number of thiophene rings is 1. The van der Waals surface area contributed by atoms with E-state index in [-0.39, 0.29) is 0 Å². The van der Waals surface area contributed by atoms with Gasteiger partial charge in [0, 0.05) is 12.6 Å². The van der Waals surface area contributed by atoms with E-state index >= 15 is 0 Å². The fourth-order valence-corrected chi connectivity index (χ4v) is 3.37. The Morgan fingerprint density at radius 1 is 1.21 bits per heavy atom. The SMILES string of the molecule is COc1ccc(CN(Cc2nc(-c3cccs3)no2)C2CC2)cc1. The van der Waals surface area contributed by atoms with Crippen LogP contribution in [0.25, 0.3) is 10.7 Å². The average Bonchev–Trinajstić information content (AvgIpc) is 3.11. The van der Waals surface area contributed by atoms with E-state index in [0.29, 0.717) is 24.3 Å². The van der Waals surface area contributed by atoms with Crippen molar-refractivity contribution in [3.05, 3.63) is 53.2 Å². The molecule has 4 rings (SSSR count). The van der Waals surface area contributed by atoms with Gasteiger partial charge in [-0.15, -0.1) is 11.3 Å². The normalized spacial score (nSPS) is 14.2. The van der Waals surface area contributed by atoms with Crippen molar-refractivity contribution in [3.8, 4) is 16.5 Å². The van der Waals surface area contributed by atoms with Gasteiger partial charge < -0.3 is 9.26 Å². The largest absolute Gasteiger partial charge is 0.497 e. The molecule has 1 aromatic carbocycles. The van der Waals surface area contributed by atoms with E-state index in [0.717, 1.165) is 17.2 Å². The molecular weight excluding hydrogens is 322 g/mol. The Hall–Kier alpha value is -2.18. The number of benzene rings is 1. The maximum absolute atomic E-state index is 5.45. The number of hydrogen-bond acceptors (Lipinski definition) is 6. The zero-order valence-corrected chi connectivity index (χ0v) is 14.3. The van der Waals surface area contributed by atoms with E-state index in [4.69, 9.17) is 9.26 Å². The van der Waals surface area contributed by atoms with Gasteiger partial charge in [0.2, 0.25) is 11.7 Å². The van der Waals surface area contributed by atoms with Gasteiger partial charge in [0.05, 0.1) is 18.5 Å². The van der Waals surface area contributed by atoms with Gasteiger partial charge in [0.1, 0.15) is 5.75 Å². The molecule has 0 aliphatic heterocycles. The van der Waals surface area contributed by atoms with E-state index in [1.165, 1.54) is 18.4 Å². The molecule has 6 heteroatoms. The summed E-state index contributed by atoms with van der Waals surface area (Å²) < 4.78 is 10.7. The number of aromatic nitrogens is 2. The van der Waals surface area contributed by atoms with Crippen molar-refractivity contribution >= 4 is 11.3 Å². The van der Waals surface area contributed by atoms with Gasteiger partial charge in [-0.2, -0.15) is 4.98 Å². The van der Waals surface area contributed by atoms with Crippen LogP contribution in [0.1, 0.15) is 24.3 Å². The molecule has 1 saturated carbocycles. The maximum atomic E-state index is 5.45. The van der Waals surface area contributed by atoms with Gasteiger partial charge >= 0.3 is 0 Å². The molecule has 0 N–H and O–H groups in total. The second-order valence-electron chi connectivity index (χ2n) is 5.97. The van der Waals surface area contributed by atoms with E-state index in [2.05, 4.69) is 27.2 Å². The summed E-state index contributed by atoms with van der Waals surface area (Å²) in [4.78, 5) is 7.99. The minimum Gasteiger partial charge on any atom is -0.497 e. The van der Waals surface area contributed by atoms with Crippen LogP contribution in [0.2, 0.25) is 0 Å². The van der Waals surface area contributed by atoms with Gasteiger partial charge in [0.25, 0.3) is 0 Å². The monoisotopic (exact) mass is 341 g/mol. The highest BCUT2D eigenvalue weighted by Gasteiger charge is 2.30. The maximum Gasteiger partial charge on any atom is 0.241 e. The molecule has 1 fully saturated rings. The summed E-state index contributed by atoms with van der Waals surface area (Å²) in [6, 6.07) is 12.8. The van der Waals surface area contributed by atoms with Gasteiger partial charge in [-0.1, -0.05) is 23.4 Å². The Morgan fingerprint density at radius 3 is 2.71 bits per heavy atom. The quantitative estimate of drug-likeness (QED) is 0.651. The van der Waals surface area contributed by atoms with Crippen molar-refractivity contribution in [1.29, 1.82) is 0 Å². The molecule has 124 valence electrons. The zero-order chi connectivity index (χ0) is 16.4. The van der Waals surface area contributed by atoms with E-state index in [1.54, 1.807) is 18.4 Å². The molecule has 0 saturated heterocycles. The lowest BCUT2D eigenvalue weighted by Gasteiger charge is -2.20. The van der Waals surface area contributed by atoms with Crippen LogP contribution >= 0.6 is 11.3 Å². The first-order valence-corrected chi connectivity index (χ1v) is 8.93. The number of nitrogens with zero attached hydrogens (tertiary/aromatic N) is 3. The Kier molecular flexibility index (Phi) is 4.32. The highest BCUT2D eigenvalue weighted by Crippen LogP contribution is 2.30. The molecule has 0 unspecified atom stereocenters. The fourth-order valence-electron chi connectivity index (χ4n) is 2.72. The van der Waals surface area contributed by atoms with Crippen LogP contribution in [-0.2, 0) is 13.1 Å². The average molecular weight is 341 g/mol. The van der Waals surface area contributed by atoms with Crippen LogP contribution in [0.3, 0.4) is 0 Å². The van der Waals surface area contributed by atoms with Crippen molar-refractivity contribution in [1.82, 2.24) is 15.0 Å². The third-order valence-corrected chi connectivity index (χ3v) is 5.02. The summed E-state index contributed by atoms with van der Waals surface area (Å²) in [5, 5.41) is 6.12. The van der Waals surface area contributed by atoms with Crippen LogP contribution in [0.15, 0.2) is 46.3 Å². The van der Waals surface area contributed by atoms with Crippen LogP contribution in [-0.4, -0.2) is 28.2 Å². The summed E-state index contributed by atoms with van der Waals surface area (Å²) in [5.41, 5.74) is 1.26. The van der Waals surface area contributed by atoms with Crippen LogP contribution in [0, 0.1) is 0 Å². The molecule has 24 heavy (non-hydrogen) atoms. The molecule has 1 aliphatic carbocycles. The first kappa shape index (κ1) is 15.4. The van der Waals surface area contributed by atoms with E-state index < -0.39 is 0 Å². The molecule has 0 amide bonds. The van der Waals surface area contributed by atoms with Gasteiger partial charge in [-0.05, 0) is 42.0 Å². The summed E-state index contributed by atoms with van der Waals surface area (Å²) >= 11 is 1.62. The third-order valence-electron chi connectivity index (χ3n) is 4.16. The molecule has 0 radical (unpaired) electrons. The molecule has 1 aliphatic rings. The standard InChI is InChI=1S/C18H19N3O2S/c1-22-15-8-4-13(5-9-15)11-21(14-6-7-14)12-17-19-18(20-23-17)16-3-2-10-24-16/h2-5,8-10,14H,6-7,11-12H2,1H3. The highest BCUT2D eigenvalue weighted by atomic mass is 32.1. The summed E-state index contributed by atoms with van der Waals surface area (Å²) in [6.45, 7) is 1.57. The molecule has 0 spiro atoms. The van der Waals surface area contributed by atoms with Gasteiger partial charge in [0.15, 0.2) is 0 Å². The minimum absolute atomic E-state index is 0.615. The smallest absolute Gasteiger partial charge is 0.241 e. The van der Waals surface area contributed by atoms with Crippen molar-refractivity contribution < 1.29 is 9.26 Å². The minimum atomic E-state index is 0.615. The molecule has 0 atom stereocenters. The van der Waals surface area contributed by atoms with Crippen LogP contribution in [0.5, 0.6) is 5.75 Å². The second-order valence-corrected chi connectivity index (χ2v) is 6.92. The zero-order valence-electron chi connectivity index (χ0n) is 13.5. The summed E-state index contributed by atoms with van der Waals surface area (Å²) in [6.07, 6.45) is 2.48. The highest BCUT2D eigenvalue weighted by molar-refractivity contribution is 7.13. The van der Waals surface area contributed by atoms with Crippen molar-refractivity contribution in [3.63, 3.8) is 0 Å². The predicted molar refractivity (Wildman–Crippen MR) is 92.9 cm³/mol. The topological polar surface area (TPSA) is 51.4 Å². The number of methoxy groups -OCH3 is 1. The second kappa shape index (κ2) is 6.75. The van der Waals surface area contributed by atoms with Gasteiger partial charge in [-0.3, -0.25) is 4.90 Å². The van der Waals surface area contributed by atoms with Crippen LogP contribution < -0.4 is 4.74 Å². The predicted octanol–water partition coefficient (Wildman–Crippen LogP) is 3.97. The number of ether oxygens (including phenoxy) is 1. The van der Waals surface area contributed by atoms with E-state index in [1.807, 2.05) is 29.6 Å². The first-order valence-electron chi connectivity index (χ1n) is 8.05. The molecule has 2 heterocycles. The first-order chi connectivity index (χ1) is 11.8. The Bertz CT molecular complexity index is 779. The summed E-state index contributed by atoms with van der Waals surface area (Å²) in [7, 11) is 1.69. The van der Waals surface area contributed by atoms with E-state index in [9.17, 15) is 0 Å². The molecule has 3 aromatic rings. The molecule has 5 nitrogen and oxygen atoms in total.